The minimum absolute atomic E-state index is 0.162. The van der Waals surface area contributed by atoms with Crippen LogP contribution in [0.15, 0.2) is 36.5 Å². The molecule has 0 saturated heterocycles. The second-order valence-corrected chi connectivity index (χ2v) is 4.53. The van der Waals surface area contributed by atoms with E-state index >= 15 is 0 Å². The number of anilines is 1. The third kappa shape index (κ3) is 4.01. The molecule has 2 amide bonds. The number of amides is 2. The molecule has 1 aromatic carbocycles. The van der Waals surface area contributed by atoms with E-state index in [-0.39, 0.29) is 16.7 Å². The smallest absolute Gasteiger partial charge is 0.417 e. The lowest BCUT2D eigenvalue weighted by Crippen LogP contribution is -2.19. The van der Waals surface area contributed by atoms with E-state index in [1.807, 2.05) is 0 Å². The molecule has 116 valence electrons. The highest BCUT2D eigenvalue weighted by Crippen LogP contribution is 2.34. The molecule has 0 bridgehead atoms. The Labute approximate surface area is 127 Å². The first-order chi connectivity index (χ1) is 10.3. The first-order valence-electron chi connectivity index (χ1n) is 5.83. The van der Waals surface area contributed by atoms with E-state index in [0.29, 0.717) is 11.9 Å². The number of primary amides is 1. The Hall–Kier alpha value is -2.48. The Kier molecular flexibility index (Phi) is 4.41. The van der Waals surface area contributed by atoms with E-state index in [9.17, 15) is 18.0 Å². The summed E-state index contributed by atoms with van der Waals surface area (Å²) in [4.78, 5) is 14.2. The molecule has 3 N–H and O–H groups in total. The highest BCUT2D eigenvalue weighted by atomic mass is 35.5. The van der Waals surface area contributed by atoms with Gasteiger partial charge in [0.25, 0.3) is 0 Å². The zero-order valence-electron chi connectivity index (χ0n) is 10.8. The normalized spacial score (nSPS) is 11.1. The number of hydrogen-bond donors (Lipinski definition) is 2. The van der Waals surface area contributed by atoms with Crippen molar-refractivity contribution in [1.29, 1.82) is 0 Å². The molecule has 0 saturated carbocycles. The SMILES string of the molecule is NC(=O)Nc1ccc(Oc2ncc(C(F)(F)F)cc2Cl)cc1. The molecule has 0 spiro atoms. The van der Waals surface area contributed by atoms with Crippen LogP contribution in [0.3, 0.4) is 0 Å². The van der Waals surface area contributed by atoms with Crippen LogP contribution in [0.5, 0.6) is 11.6 Å². The van der Waals surface area contributed by atoms with Crippen LogP contribution in [-0.2, 0) is 6.18 Å². The monoisotopic (exact) mass is 331 g/mol. The van der Waals surface area contributed by atoms with Crippen LogP contribution in [0, 0.1) is 0 Å². The van der Waals surface area contributed by atoms with Crippen LogP contribution in [0.4, 0.5) is 23.7 Å². The van der Waals surface area contributed by atoms with Gasteiger partial charge in [-0.2, -0.15) is 13.2 Å². The number of hydrogen-bond acceptors (Lipinski definition) is 3. The summed E-state index contributed by atoms with van der Waals surface area (Å²) >= 11 is 5.72. The van der Waals surface area contributed by atoms with Gasteiger partial charge in [-0.1, -0.05) is 11.6 Å². The zero-order chi connectivity index (χ0) is 16.3. The number of carbonyl (C=O) groups excluding carboxylic acids is 1. The van der Waals surface area contributed by atoms with Crippen molar-refractivity contribution in [2.45, 2.75) is 6.18 Å². The Morgan fingerprint density at radius 3 is 2.41 bits per heavy atom. The lowest BCUT2D eigenvalue weighted by Gasteiger charge is -2.10. The molecule has 0 fully saturated rings. The van der Waals surface area contributed by atoms with E-state index in [1.54, 1.807) is 0 Å². The summed E-state index contributed by atoms with van der Waals surface area (Å²) in [6, 6.07) is 5.95. The Balaban J connectivity index is 2.15. The average molecular weight is 332 g/mol. The number of nitrogens with zero attached hydrogens (tertiary/aromatic N) is 1. The number of carbonyl (C=O) groups is 1. The first-order valence-corrected chi connectivity index (χ1v) is 6.20. The molecule has 9 heteroatoms. The van der Waals surface area contributed by atoms with Crippen LogP contribution in [-0.4, -0.2) is 11.0 Å². The zero-order valence-corrected chi connectivity index (χ0v) is 11.6. The number of alkyl halides is 3. The van der Waals surface area contributed by atoms with E-state index in [0.717, 1.165) is 6.07 Å². The predicted octanol–water partition coefficient (Wildman–Crippen LogP) is 4.04. The van der Waals surface area contributed by atoms with Gasteiger partial charge in [-0.3, -0.25) is 0 Å². The summed E-state index contributed by atoms with van der Waals surface area (Å²) in [6.45, 7) is 0. The number of nitrogens with two attached hydrogens (primary N) is 1. The summed E-state index contributed by atoms with van der Waals surface area (Å²) < 4.78 is 42.8. The Morgan fingerprint density at radius 1 is 1.27 bits per heavy atom. The van der Waals surface area contributed by atoms with Crippen molar-refractivity contribution >= 4 is 23.3 Å². The van der Waals surface area contributed by atoms with Gasteiger partial charge in [0.1, 0.15) is 10.8 Å². The number of nitrogens with one attached hydrogen (secondary N) is 1. The average Bonchev–Trinajstić information content (AvgIpc) is 2.41. The number of rotatable bonds is 3. The summed E-state index contributed by atoms with van der Waals surface area (Å²) in [5.74, 6) is 0.120. The molecule has 22 heavy (non-hydrogen) atoms. The molecule has 0 atom stereocenters. The fourth-order valence-corrected chi connectivity index (χ4v) is 1.72. The maximum atomic E-state index is 12.5. The van der Waals surface area contributed by atoms with Crippen LogP contribution >= 0.6 is 11.6 Å². The standard InChI is InChI=1S/C13H9ClF3N3O2/c14-10-5-7(13(15,16)17)6-19-11(10)22-9-3-1-8(2-4-9)20-12(18)21/h1-6H,(H3,18,20,21). The first kappa shape index (κ1) is 15.9. The van der Waals surface area contributed by atoms with E-state index < -0.39 is 17.8 Å². The predicted molar refractivity (Wildman–Crippen MR) is 74.0 cm³/mol. The molecule has 0 aliphatic rings. The number of benzene rings is 1. The maximum Gasteiger partial charge on any atom is 0.417 e. The van der Waals surface area contributed by atoms with Crippen molar-refractivity contribution in [3.63, 3.8) is 0 Å². The number of ether oxygens (including phenoxy) is 1. The Morgan fingerprint density at radius 2 is 1.91 bits per heavy atom. The van der Waals surface area contributed by atoms with Crippen LogP contribution in [0.1, 0.15) is 5.56 Å². The van der Waals surface area contributed by atoms with Crippen LogP contribution in [0.2, 0.25) is 5.02 Å². The quantitative estimate of drug-likeness (QED) is 0.891. The fraction of sp³-hybridized carbons (Fsp3) is 0.0769. The topological polar surface area (TPSA) is 77.2 Å². The number of halogens is 4. The molecule has 0 unspecified atom stereocenters. The molecule has 0 aliphatic carbocycles. The highest BCUT2D eigenvalue weighted by Gasteiger charge is 2.31. The van der Waals surface area contributed by atoms with Gasteiger partial charge in [-0.25, -0.2) is 9.78 Å². The highest BCUT2D eigenvalue weighted by molar-refractivity contribution is 6.31. The summed E-state index contributed by atoms with van der Waals surface area (Å²) in [6.07, 6.45) is -3.90. The Bertz CT molecular complexity index is 690. The van der Waals surface area contributed by atoms with Gasteiger partial charge < -0.3 is 15.8 Å². The minimum Gasteiger partial charge on any atom is -0.438 e. The van der Waals surface area contributed by atoms with E-state index in [1.165, 1.54) is 24.3 Å². The van der Waals surface area contributed by atoms with Gasteiger partial charge in [0.15, 0.2) is 0 Å². The van der Waals surface area contributed by atoms with E-state index in [4.69, 9.17) is 22.1 Å². The molecule has 0 radical (unpaired) electrons. The summed E-state index contributed by atoms with van der Waals surface area (Å²) in [7, 11) is 0. The molecule has 0 aliphatic heterocycles. The molecular weight excluding hydrogens is 323 g/mol. The fourth-order valence-electron chi connectivity index (χ4n) is 1.52. The largest absolute Gasteiger partial charge is 0.438 e. The molecule has 1 aromatic heterocycles. The molecule has 5 nitrogen and oxygen atoms in total. The second-order valence-electron chi connectivity index (χ2n) is 4.12. The lowest BCUT2D eigenvalue weighted by atomic mass is 10.3. The minimum atomic E-state index is -4.53. The van der Waals surface area contributed by atoms with Gasteiger partial charge >= 0.3 is 12.2 Å². The summed E-state index contributed by atoms with van der Waals surface area (Å²) in [5, 5.41) is 2.08. The molecule has 1 heterocycles. The lowest BCUT2D eigenvalue weighted by molar-refractivity contribution is -0.137. The van der Waals surface area contributed by atoms with Gasteiger partial charge in [-0.15, -0.1) is 0 Å². The number of aromatic nitrogens is 1. The van der Waals surface area contributed by atoms with Crippen molar-refractivity contribution in [3.8, 4) is 11.6 Å². The van der Waals surface area contributed by atoms with Gasteiger partial charge in [0.05, 0.1) is 5.56 Å². The van der Waals surface area contributed by atoms with Crippen molar-refractivity contribution < 1.29 is 22.7 Å². The van der Waals surface area contributed by atoms with Gasteiger partial charge in [0, 0.05) is 11.9 Å². The van der Waals surface area contributed by atoms with Crippen molar-refractivity contribution in [3.05, 3.63) is 47.1 Å². The van der Waals surface area contributed by atoms with Gasteiger partial charge in [0.2, 0.25) is 5.88 Å². The number of urea groups is 1. The van der Waals surface area contributed by atoms with Crippen molar-refractivity contribution in [1.82, 2.24) is 4.98 Å². The van der Waals surface area contributed by atoms with Crippen LogP contribution < -0.4 is 15.8 Å². The third-order valence-corrected chi connectivity index (χ3v) is 2.74. The van der Waals surface area contributed by atoms with Gasteiger partial charge in [-0.05, 0) is 30.3 Å². The van der Waals surface area contributed by atoms with Crippen molar-refractivity contribution in [2.75, 3.05) is 5.32 Å². The molecule has 2 aromatic rings. The summed E-state index contributed by atoms with van der Waals surface area (Å²) in [5.41, 5.74) is 4.42. The third-order valence-electron chi connectivity index (χ3n) is 2.47. The number of pyridine rings is 1. The van der Waals surface area contributed by atoms with E-state index in [2.05, 4.69) is 10.3 Å². The van der Waals surface area contributed by atoms with Crippen LogP contribution in [0.25, 0.3) is 0 Å². The molecule has 2 rings (SSSR count). The van der Waals surface area contributed by atoms with Crippen molar-refractivity contribution in [2.24, 2.45) is 5.73 Å². The second kappa shape index (κ2) is 6.10. The molecular formula is C13H9ClF3N3O2. The maximum absolute atomic E-state index is 12.5.